The van der Waals surface area contributed by atoms with E-state index in [-0.39, 0.29) is 11.5 Å². The fraction of sp³-hybridized carbons (Fsp3) is 0.150. The summed E-state index contributed by atoms with van der Waals surface area (Å²) in [6.45, 7) is 1.74. The lowest BCUT2D eigenvalue weighted by Gasteiger charge is -2.11. The Morgan fingerprint density at radius 2 is 1.62 bits per heavy atom. The minimum Gasteiger partial charge on any atom is -0.481 e. The topological polar surface area (TPSA) is 65.5 Å². The number of nitrogens with zero attached hydrogens (tertiary/aromatic N) is 1. The number of ether oxygens (including phenoxy) is 1. The first-order valence-corrected chi connectivity index (χ1v) is 9.46. The fourth-order valence-electron chi connectivity index (χ4n) is 2.44. The third-order valence-corrected chi connectivity index (χ3v) is 5.16. The Balaban J connectivity index is 1.80. The summed E-state index contributed by atoms with van der Waals surface area (Å²) in [6, 6.07) is 19.8. The summed E-state index contributed by atoms with van der Waals surface area (Å²) in [7, 11) is -2.35. The van der Waals surface area contributed by atoms with Gasteiger partial charge in [0.25, 0.3) is 10.1 Å². The molecule has 0 atom stereocenters. The van der Waals surface area contributed by atoms with E-state index in [4.69, 9.17) is 8.92 Å². The summed E-state index contributed by atoms with van der Waals surface area (Å²) in [4.78, 5) is 4.57. The Morgan fingerprint density at radius 3 is 2.27 bits per heavy atom. The van der Waals surface area contributed by atoms with Crippen LogP contribution in [0.3, 0.4) is 0 Å². The predicted octanol–water partition coefficient (Wildman–Crippen LogP) is 3.97. The molecule has 0 N–H and O–H groups in total. The molecule has 0 aliphatic rings. The molecule has 1 aromatic heterocycles. The summed E-state index contributed by atoms with van der Waals surface area (Å²) in [6.07, 6.45) is 0. The molecule has 0 amide bonds. The van der Waals surface area contributed by atoms with Crippen molar-refractivity contribution in [3.05, 3.63) is 77.9 Å². The summed E-state index contributed by atoms with van der Waals surface area (Å²) in [5.41, 5.74) is 3.23. The molecule has 2 aromatic carbocycles. The smallest absolute Gasteiger partial charge is 0.297 e. The molecule has 3 rings (SSSR count). The lowest BCUT2D eigenvalue weighted by atomic mass is 10.1. The van der Waals surface area contributed by atoms with Crippen molar-refractivity contribution in [1.82, 2.24) is 4.98 Å². The number of pyridine rings is 1. The highest BCUT2D eigenvalue weighted by Gasteiger charge is 2.17. The number of benzene rings is 2. The van der Waals surface area contributed by atoms with Gasteiger partial charge in [-0.25, -0.2) is 4.98 Å². The largest absolute Gasteiger partial charge is 0.481 e. The number of hydrogen-bond donors (Lipinski definition) is 0. The summed E-state index contributed by atoms with van der Waals surface area (Å²) in [5, 5.41) is 0. The first-order chi connectivity index (χ1) is 12.5. The van der Waals surface area contributed by atoms with Crippen LogP contribution in [0.25, 0.3) is 11.3 Å². The van der Waals surface area contributed by atoms with Crippen molar-refractivity contribution < 1.29 is 17.3 Å². The Bertz CT molecular complexity index is 984. The van der Waals surface area contributed by atoms with Gasteiger partial charge in [0.15, 0.2) is 0 Å². The van der Waals surface area contributed by atoms with E-state index in [0.717, 1.165) is 16.8 Å². The second-order valence-electron chi connectivity index (χ2n) is 5.76. The normalized spacial score (nSPS) is 11.3. The van der Waals surface area contributed by atoms with Gasteiger partial charge >= 0.3 is 0 Å². The van der Waals surface area contributed by atoms with Gasteiger partial charge in [0.05, 0.1) is 24.3 Å². The second kappa shape index (κ2) is 7.68. The van der Waals surface area contributed by atoms with Gasteiger partial charge in [-0.2, -0.15) is 8.42 Å². The van der Waals surface area contributed by atoms with Crippen LogP contribution < -0.4 is 4.74 Å². The minimum atomic E-state index is -3.85. The van der Waals surface area contributed by atoms with Gasteiger partial charge in [-0.15, -0.1) is 0 Å². The van der Waals surface area contributed by atoms with Crippen LogP contribution in [0.2, 0.25) is 0 Å². The molecule has 0 aliphatic carbocycles. The van der Waals surface area contributed by atoms with Crippen LogP contribution in [0, 0.1) is 6.92 Å². The van der Waals surface area contributed by atoms with Crippen molar-refractivity contribution >= 4 is 10.1 Å². The van der Waals surface area contributed by atoms with Crippen LogP contribution in [0.5, 0.6) is 5.88 Å². The highest BCUT2D eigenvalue weighted by atomic mass is 32.2. The SMILES string of the molecule is COc1nc(-c2ccccc2)ccc1COS(=O)(=O)c1ccc(C)cc1. The first kappa shape index (κ1) is 18.1. The van der Waals surface area contributed by atoms with Crippen molar-refractivity contribution in [3.8, 4) is 17.1 Å². The Morgan fingerprint density at radius 1 is 0.923 bits per heavy atom. The minimum absolute atomic E-state index is 0.121. The zero-order chi connectivity index (χ0) is 18.6. The number of aryl methyl sites for hydroxylation is 1. The summed E-state index contributed by atoms with van der Waals surface area (Å²) in [5.74, 6) is 0.338. The van der Waals surface area contributed by atoms with Gasteiger partial charge in [-0.3, -0.25) is 4.18 Å². The average Bonchev–Trinajstić information content (AvgIpc) is 2.67. The zero-order valence-corrected chi connectivity index (χ0v) is 15.4. The van der Waals surface area contributed by atoms with Gasteiger partial charge in [0.1, 0.15) is 0 Å². The molecule has 26 heavy (non-hydrogen) atoms. The second-order valence-corrected chi connectivity index (χ2v) is 7.38. The third-order valence-electron chi connectivity index (χ3n) is 3.88. The standard InChI is InChI=1S/C20H19NO4S/c1-15-8-11-18(12-9-15)26(22,23)25-14-17-10-13-19(21-20(17)24-2)16-6-4-3-5-7-16/h3-13H,14H2,1-2H3. The quantitative estimate of drug-likeness (QED) is 0.615. The van der Waals surface area contributed by atoms with Crippen molar-refractivity contribution in [3.63, 3.8) is 0 Å². The molecule has 3 aromatic rings. The molecule has 6 heteroatoms. The lowest BCUT2D eigenvalue weighted by Crippen LogP contribution is -2.08. The molecule has 0 saturated carbocycles. The van der Waals surface area contributed by atoms with Gasteiger partial charge in [0, 0.05) is 11.1 Å². The van der Waals surface area contributed by atoms with E-state index in [1.165, 1.54) is 19.2 Å². The molecule has 0 radical (unpaired) electrons. The van der Waals surface area contributed by atoms with E-state index >= 15 is 0 Å². The van der Waals surface area contributed by atoms with Crippen LogP contribution in [0.1, 0.15) is 11.1 Å². The maximum atomic E-state index is 12.3. The van der Waals surface area contributed by atoms with Gasteiger partial charge in [-0.1, -0.05) is 48.0 Å². The molecule has 0 fully saturated rings. The molecular formula is C20H19NO4S. The molecule has 5 nitrogen and oxygen atoms in total. The molecule has 0 saturated heterocycles. The van der Waals surface area contributed by atoms with Crippen LogP contribution >= 0.6 is 0 Å². The maximum Gasteiger partial charge on any atom is 0.297 e. The van der Waals surface area contributed by atoms with Crippen LogP contribution in [0.15, 0.2) is 71.6 Å². The third kappa shape index (κ3) is 4.09. The highest BCUT2D eigenvalue weighted by Crippen LogP contribution is 2.25. The summed E-state index contributed by atoms with van der Waals surface area (Å²) < 4.78 is 35.1. The number of hydrogen-bond acceptors (Lipinski definition) is 5. The number of methoxy groups -OCH3 is 1. The highest BCUT2D eigenvalue weighted by molar-refractivity contribution is 7.86. The molecule has 0 bridgehead atoms. The van der Waals surface area contributed by atoms with E-state index in [1.807, 2.05) is 43.3 Å². The van der Waals surface area contributed by atoms with E-state index in [1.54, 1.807) is 18.2 Å². The van der Waals surface area contributed by atoms with Crippen molar-refractivity contribution in [2.45, 2.75) is 18.4 Å². The maximum absolute atomic E-state index is 12.3. The Labute approximate surface area is 153 Å². The van der Waals surface area contributed by atoms with Crippen molar-refractivity contribution in [1.29, 1.82) is 0 Å². The predicted molar refractivity (Wildman–Crippen MR) is 99.4 cm³/mol. The molecular weight excluding hydrogens is 350 g/mol. The average molecular weight is 369 g/mol. The van der Waals surface area contributed by atoms with E-state index < -0.39 is 10.1 Å². The van der Waals surface area contributed by atoms with Crippen molar-refractivity contribution in [2.24, 2.45) is 0 Å². The van der Waals surface area contributed by atoms with E-state index in [2.05, 4.69) is 4.98 Å². The monoisotopic (exact) mass is 369 g/mol. The van der Waals surface area contributed by atoms with Crippen LogP contribution in [-0.2, 0) is 20.9 Å². The Kier molecular flexibility index (Phi) is 5.35. The fourth-order valence-corrected chi connectivity index (χ4v) is 3.33. The van der Waals surface area contributed by atoms with Gasteiger partial charge in [-0.05, 0) is 31.2 Å². The lowest BCUT2D eigenvalue weighted by molar-refractivity contribution is 0.296. The first-order valence-electron chi connectivity index (χ1n) is 8.05. The summed E-state index contributed by atoms with van der Waals surface area (Å²) >= 11 is 0. The van der Waals surface area contributed by atoms with Gasteiger partial charge < -0.3 is 4.74 Å². The van der Waals surface area contributed by atoms with Crippen LogP contribution in [0.4, 0.5) is 0 Å². The molecule has 0 unspecified atom stereocenters. The Hall–Kier alpha value is -2.70. The van der Waals surface area contributed by atoms with E-state index in [9.17, 15) is 8.42 Å². The number of rotatable bonds is 6. The van der Waals surface area contributed by atoms with E-state index in [0.29, 0.717) is 11.4 Å². The molecule has 134 valence electrons. The van der Waals surface area contributed by atoms with Crippen molar-refractivity contribution in [2.75, 3.05) is 7.11 Å². The zero-order valence-electron chi connectivity index (χ0n) is 14.5. The molecule has 0 aliphatic heterocycles. The molecule has 0 spiro atoms. The van der Waals surface area contributed by atoms with Gasteiger partial charge in [0.2, 0.25) is 5.88 Å². The van der Waals surface area contributed by atoms with Crippen LogP contribution in [-0.4, -0.2) is 20.5 Å². The molecule has 1 heterocycles. The number of aromatic nitrogens is 1.